The Morgan fingerprint density at radius 1 is 1.62 bits per heavy atom. The highest BCUT2D eigenvalue weighted by Crippen LogP contribution is 2.47. The SMILES string of the molecule is O=C(O)c1sc(Br)cc1C1CCC(F)(F)C1. The fraction of sp³-hybridized carbons (Fsp3) is 0.500. The third-order valence-corrected chi connectivity index (χ3v) is 4.41. The Morgan fingerprint density at radius 2 is 2.31 bits per heavy atom. The number of hydrogen-bond acceptors (Lipinski definition) is 2. The van der Waals surface area contributed by atoms with Gasteiger partial charge in [0.15, 0.2) is 0 Å². The summed E-state index contributed by atoms with van der Waals surface area (Å²) in [6, 6.07) is 1.65. The first-order valence-electron chi connectivity index (χ1n) is 4.79. The van der Waals surface area contributed by atoms with E-state index < -0.39 is 11.9 Å². The van der Waals surface area contributed by atoms with Crippen molar-refractivity contribution in [1.82, 2.24) is 0 Å². The summed E-state index contributed by atoms with van der Waals surface area (Å²) in [5, 5.41) is 8.97. The van der Waals surface area contributed by atoms with E-state index in [1.807, 2.05) is 0 Å². The number of carboxylic acids is 1. The second-order valence-corrected chi connectivity index (χ2v) is 6.37. The average molecular weight is 311 g/mol. The van der Waals surface area contributed by atoms with Crippen LogP contribution in [-0.2, 0) is 0 Å². The number of alkyl halides is 2. The van der Waals surface area contributed by atoms with Crippen molar-refractivity contribution >= 4 is 33.2 Å². The molecule has 1 aliphatic rings. The number of aromatic carboxylic acids is 1. The van der Waals surface area contributed by atoms with E-state index in [2.05, 4.69) is 15.9 Å². The molecule has 2 rings (SSSR count). The fourth-order valence-corrected chi connectivity index (χ4v) is 3.60. The van der Waals surface area contributed by atoms with Crippen LogP contribution in [0.15, 0.2) is 9.85 Å². The number of halogens is 3. The van der Waals surface area contributed by atoms with Gasteiger partial charge in [-0.3, -0.25) is 0 Å². The number of carboxylic acid groups (broad SMARTS) is 1. The van der Waals surface area contributed by atoms with Crippen LogP contribution in [0.5, 0.6) is 0 Å². The van der Waals surface area contributed by atoms with Gasteiger partial charge in [-0.25, -0.2) is 13.6 Å². The van der Waals surface area contributed by atoms with Gasteiger partial charge in [-0.2, -0.15) is 0 Å². The Morgan fingerprint density at radius 3 is 2.81 bits per heavy atom. The highest BCUT2D eigenvalue weighted by molar-refractivity contribution is 9.11. The highest BCUT2D eigenvalue weighted by atomic mass is 79.9. The minimum atomic E-state index is -2.64. The van der Waals surface area contributed by atoms with Crippen LogP contribution in [0.2, 0.25) is 0 Å². The van der Waals surface area contributed by atoms with E-state index in [1.54, 1.807) is 6.07 Å². The van der Waals surface area contributed by atoms with Crippen molar-refractivity contribution in [2.75, 3.05) is 0 Å². The molecule has 1 saturated carbocycles. The molecule has 1 aromatic heterocycles. The van der Waals surface area contributed by atoms with E-state index in [9.17, 15) is 13.6 Å². The largest absolute Gasteiger partial charge is 0.477 e. The number of hydrogen-bond donors (Lipinski definition) is 1. The molecule has 1 heterocycles. The minimum absolute atomic E-state index is 0.149. The quantitative estimate of drug-likeness (QED) is 0.892. The molecule has 2 nitrogen and oxygen atoms in total. The van der Waals surface area contributed by atoms with Crippen molar-refractivity contribution in [3.05, 3.63) is 20.3 Å². The lowest BCUT2D eigenvalue weighted by atomic mass is 9.98. The maximum absolute atomic E-state index is 13.1. The fourth-order valence-electron chi connectivity index (χ4n) is 2.06. The lowest BCUT2D eigenvalue weighted by Crippen LogP contribution is -2.09. The molecule has 1 aliphatic carbocycles. The first kappa shape index (κ1) is 12.0. The van der Waals surface area contributed by atoms with Crippen LogP contribution in [0.25, 0.3) is 0 Å². The zero-order valence-electron chi connectivity index (χ0n) is 8.17. The van der Waals surface area contributed by atoms with E-state index >= 15 is 0 Å². The Bertz CT molecular complexity index is 430. The number of rotatable bonds is 2. The van der Waals surface area contributed by atoms with Crippen LogP contribution in [0, 0.1) is 0 Å². The molecule has 16 heavy (non-hydrogen) atoms. The molecule has 0 aliphatic heterocycles. The van der Waals surface area contributed by atoms with E-state index in [4.69, 9.17) is 5.11 Å². The highest BCUT2D eigenvalue weighted by Gasteiger charge is 2.41. The van der Waals surface area contributed by atoms with Crippen LogP contribution in [0.3, 0.4) is 0 Å². The van der Waals surface area contributed by atoms with Crippen LogP contribution in [-0.4, -0.2) is 17.0 Å². The normalized spacial score (nSPS) is 23.6. The lowest BCUT2D eigenvalue weighted by Gasteiger charge is -2.10. The Balaban J connectivity index is 2.31. The Kier molecular flexibility index (Phi) is 3.05. The van der Waals surface area contributed by atoms with E-state index in [0.29, 0.717) is 15.8 Å². The zero-order valence-corrected chi connectivity index (χ0v) is 10.6. The van der Waals surface area contributed by atoms with Gasteiger partial charge in [-0.1, -0.05) is 0 Å². The molecule has 1 N–H and O–H groups in total. The molecule has 0 spiro atoms. The topological polar surface area (TPSA) is 37.3 Å². The first-order chi connectivity index (χ1) is 7.39. The van der Waals surface area contributed by atoms with Gasteiger partial charge in [0.2, 0.25) is 5.92 Å². The van der Waals surface area contributed by atoms with E-state index in [-0.39, 0.29) is 23.6 Å². The molecule has 0 aromatic carbocycles. The molecule has 0 saturated heterocycles. The van der Waals surface area contributed by atoms with Gasteiger partial charge in [0.1, 0.15) is 4.88 Å². The predicted octanol–water partition coefficient (Wildman–Crippen LogP) is 4.11. The monoisotopic (exact) mass is 310 g/mol. The van der Waals surface area contributed by atoms with Gasteiger partial charge in [-0.05, 0) is 39.9 Å². The second kappa shape index (κ2) is 4.07. The summed E-state index contributed by atoms with van der Waals surface area (Å²) in [6.45, 7) is 0. The smallest absolute Gasteiger partial charge is 0.346 e. The van der Waals surface area contributed by atoms with Gasteiger partial charge in [0.05, 0.1) is 3.79 Å². The third-order valence-electron chi connectivity index (χ3n) is 2.77. The summed E-state index contributed by atoms with van der Waals surface area (Å²) < 4.78 is 26.8. The summed E-state index contributed by atoms with van der Waals surface area (Å²) in [6.07, 6.45) is -0.0307. The molecular weight excluding hydrogens is 302 g/mol. The molecular formula is C10H9BrF2O2S. The van der Waals surface area contributed by atoms with Gasteiger partial charge in [0, 0.05) is 12.8 Å². The van der Waals surface area contributed by atoms with Gasteiger partial charge in [-0.15, -0.1) is 11.3 Å². The molecule has 0 radical (unpaired) electrons. The van der Waals surface area contributed by atoms with Crippen molar-refractivity contribution in [2.45, 2.75) is 31.1 Å². The molecule has 1 unspecified atom stereocenters. The van der Waals surface area contributed by atoms with Gasteiger partial charge in [0.25, 0.3) is 0 Å². The van der Waals surface area contributed by atoms with E-state index in [0.717, 1.165) is 11.3 Å². The summed E-state index contributed by atoms with van der Waals surface area (Å²) in [7, 11) is 0. The Labute approximate surface area is 103 Å². The van der Waals surface area contributed by atoms with Crippen molar-refractivity contribution in [2.24, 2.45) is 0 Å². The molecule has 0 bridgehead atoms. The molecule has 1 atom stereocenters. The summed E-state index contributed by atoms with van der Waals surface area (Å²) >= 11 is 4.28. The molecule has 6 heteroatoms. The third kappa shape index (κ3) is 2.27. The van der Waals surface area contributed by atoms with Gasteiger partial charge >= 0.3 is 5.97 Å². The van der Waals surface area contributed by atoms with Crippen molar-refractivity contribution in [3.8, 4) is 0 Å². The maximum atomic E-state index is 13.1. The summed E-state index contributed by atoms with van der Waals surface area (Å²) in [4.78, 5) is 11.1. The Hall–Kier alpha value is -0.490. The maximum Gasteiger partial charge on any atom is 0.346 e. The van der Waals surface area contributed by atoms with Crippen molar-refractivity contribution in [1.29, 1.82) is 0 Å². The second-order valence-electron chi connectivity index (χ2n) is 3.94. The molecule has 0 amide bonds. The van der Waals surface area contributed by atoms with Crippen LogP contribution < -0.4 is 0 Å². The first-order valence-corrected chi connectivity index (χ1v) is 6.40. The molecule has 88 valence electrons. The average Bonchev–Trinajstić information content (AvgIpc) is 2.68. The summed E-state index contributed by atoms with van der Waals surface area (Å²) in [5.41, 5.74) is 0.543. The van der Waals surface area contributed by atoms with Crippen molar-refractivity contribution < 1.29 is 18.7 Å². The molecule has 1 aromatic rings. The number of thiophene rings is 1. The summed E-state index contributed by atoms with van der Waals surface area (Å²) in [5.74, 6) is -4.01. The molecule has 1 fully saturated rings. The van der Waals surface area contributed by atoms with E-state index in [1.165, 1.54) is 0 Å². The van der Waals surface area contributed by atoms with Crippen LogP contribution in [0.1, 0.15) is 40.4 Å². The van der Waals surface area contributed by atoms with Crippen LogP contribution in [0.4, 0.5) is 8.78 Å². The zero-order chi connectivity index (χ0) is 11.9. The lowest BCUT2D eigenvalue weighted by molar-refractivity contribution is 0.00770. The minimum Gasteiger partial charge on any atom is -0.477 e. The van der Waals surface area contributed by atoms with Gasteiger partial charge < -0.3 is 5.11 Å². The number of carbonyl (C=O) groups is 1. The van der Waals surface area contributed by atoms with Crippen LogP contribution >= 0.6 is 27.3 Å². The standard InChI is InChI=1S/C10H9BrF2O2S/c11-7-3-6(8(16-7)9(14)15)5-1-2-10(12,13)4-5/h3,5H,1-2,4H2,(H,14,15). The predicted molar refractivity (Wildman–Crippen MR) is 60.5 cm³/mol. The van der Waals surface area contributed by atoms with Crippen molar-refractivity contribution in [3.63, 3.8) is 0 Å².